The van der Waals surface area contributed by atoms with Gasteiger partial charge in [0.15, 0.2) is 0 Å². The van der Waals surface area contributed by atoms with E-state index in [2.05, 4.69) is 34.6 Å². The van der Waals surface area contributed by atoms with Crippen LogP contribution >= 0.6 is 0 Å². The van der Waals surface area contributed by atoms with Gasteiger partial charge in [0.1, 0.15) is 0 Å². The first-order valence-electron chi connectivity index (χ1n) is 9.31. The Morgan fingerprint density at radius 3 is 2.40 bits per heavy atom. The molecule has 114 valence electrons. The third kappa shape index (κ3) is 1.40. The molecular formula is C20H34. The van der Waals surface area contributed by atoms with Crippen LogP contribution in [0.5, 0.6) is 0 Å². The van der Waals surface area contributed by atoms with E-state index in [1.165, 1.54) is 19.3 Å². The maximum atomic E-state index is 2.71. The summed E-state index contributed by atoms with van der Waals surface area (Å²) in [5.41, 5.74) is 1.99. The smallest absolute Gasteiger partial charge is 0.0230 e. The van der Waals surface area contributed by atoms with Crippen LogP contribution in [0.3, 0.4) is 0 Å². The zero-order valence-corrected chi connectivity index (χ0v) is 14.3. The Hall–Kier alpha value is 0. The number of hydrogen-bond acceptors (Lipinski definition) is 0. The molecule has 4 aliphatic carbocycles. The summed E-state index contributed by atoms with van der Waals surface area (Å²) in [4.78, 5) is 0. The van der Waals surface area contributed by atoms with Crippen LogP contribution in [-0.2, 0) is 0 Å². The van der Waals surface area contributed by atoms with Gasteiger partial charge < -0.3 is 0 Å². The number of rotatable bonds is 0. The first-order chi connectivity index (χ1) is 9.31. The molecule has 20 heavy (non-hydrogen) atoms. The summed E-state index contributed by atoms with van der Waals surface area (Å²) in [6, 6.07) is 0. The molecule has 7 atom stereocenters. The van der Waals surface area contributed by atoms with Gasteiger partial charge in [-0.3, -0.25) is 0 Å². The van der Waals surface area contributed by atoms with Crippen LogP contribution in [0, 0.1) is 45.8 Å². The first-order valence-corrected chi connectivity index (χ1v) is 9.31. The van der Waals surface area contributed by atoms with E-state index in [1.807, 2.05) is 0 Å². The van der Waals surface area contributed by atoms with Gasteiger partial charge in [-0.25, -0.2) is 0 Å². The van der Waals surface area contributed by atoms with E-state index in [0.29, 0.717) is 10.8 Å². The van der Waals surface area contributed by atoms with Gasteiger partial charge in [0.2, 0.25) is 0 Å². The van der Waals surface area contributed by atoms with Gasteiger partial charge in [-0.15, -0.1) is 0 Å². The van der Waals surface area contributed by atoms with Crippen LogP contribution in [-0.4, -0.2) is 0 Å². The predicted molar refractivity (Wildman–Crippen MR) is 85.4 cm³/mol. The van der Waals surface area contributed by atoms with Crippen LogP contribution in [0.2, 0.25) is 0 Å². The van der Waals surface area contributed by atoms with E-state index in [4.69, 9.17) is 0 Å². The van der Waals surface area contributed by atoms with Gasteiger partial charge in [0.25, 0.3) is 0 Å². The molecule has 0 amide bonds. The van der Waals surface area contributed by atoms with Crippen LogP contribution in [0.15, 0.2) is 0 Å². The molecule has 0 aromatic carbocycles. The minimum absolute atomic E-state index is 0.583. The molecule has 1 spiro atoms. The van der Waals surface area contributed by atoms with E-state index in [9.17, 15) is 0 Å². The molecule has 2 unspecified atom stereocenters. The lowest BCUT2D eigenvalue weighted by Gasteiger charge is -2.51. The van der Waals surface area contributed by atoms with Gasteiger partial charge in [-0.1, -0.05) is 41.0 Å². The third-order valence-electron chi connectivity index (χ3n) is 8.96. The molecule has 2 bridgehead atoms. The highest BCUT2D eigenvalue weighted by molar-refractivity contribution is 5.18. The molecule has 0 N–H and O–H groups in total. The van der Waals surface area contributed by atoms with Crippen molar-refractivity contribution >= 4 is 0 Å². The Balaban J connectivity index is 1.83. The van der Waals surface area contributed by atoms with Crippen molar-refractivity contribution in [3.8, 4) is 0 Å². The molecule has 0 nitrogen and oxygen atoms in total. The summed E-state index contributed by atoms with van der Waals surface area (Å²) in [6.07, 6.45) is 10.7. The molecule has 4 saturated carbocycles. The fourth-order valence-corrected chi connectivity index (χ4v) is 8.65. The topological polar surface area (TPSA) is 0 Å². The summed E-state index contributed by atoms with van der Waals surface area (Å²) < 4.78 is 0. The molecule has 0 aliphatic heterocycles. The number of hydrogen-bond donors (Lipinski definition) is 0. The molecule has 0 aromatic rings. The van der Waals surface area contributed by atoms with E-state index in [0.717, 1.165) is 35.0 Å². The Kier molecular flexibility index (Phi) is 2.63. The van der Waals surface area contributed by atoms with Gasteiger partial charge in [0, 0.05) is 0 Å². The fourth-order valence-electron chi connectivity index (χ4n) is 8.65. The Bertz CT molecular complexity index is 418. The summed E-state index contributed by atoms with van der Waals surface area (Å²) in [5, 5.41) is 0. The lowest BCUT2D eigenvalue weighted by molar-refractivity contribution is -0.0193. The second-order valence-corrected chi connectivity index (χ2v) is 10.1. The van der Waals surface area contributed by atoms with Crippen LogP contribution in [0.1, 0.15) is 79.6 Å². The molecule has 0 heteroatoms. The summed E-state index contributed by atoms with van der Waals surface area (Å²) >= 11 is 0. The molecule has 4 aliphatic rings. The Morgan fingerprint density at radius 2 is 1.65 bits per heavy atom. The van der Waals surface area contributed by atoms with Crippen molar-refractivity contribution in [2.24, 2.45) is 45.8 Å². The average molecular weight is 274 g/mol. The lowest BCUT2D eigenvalue weighted by atomic mass is 9.54. The SMILES string of the molecule is C[C@@H]1C[C@]23C[C@H]1CCC2[C@@]1(C)CCCC(C)(C)C1[C@H]3C. The molecular weight excluding hydrogens is 240 g/mol. The molecule has 0 heterocycles. The molecule has 0 radical (unpaired) electrons. The summed E-state index contributed by atoms with van der Waals surface area (Å²) in [7, 11) is 0. The van der Waals surface area contributed by atoms with E-state index in [-0.39, 0.29) is 0 Å². The standard InChI is InChI=1S/C20H34/c1-13-11-20-12-15(13)7-8-16(20)19(5)10-6-9-18(3,4)17(19)14(20)2/h13-17H,6-12H2,1-5H3/t13-,14-,15-,16?,17?,19-,20-/m1/s1. The normalized spacial score (nSPS) is 60.1. The zero-order valence-electron chi connectivity index (χ0n) is 14.3. The fraction of sp³-hybridized carbons (Fsp3) is 1.00. The highest BCUT2D eigenvalue weighted by atomic mass is 14.7. The minimum Gasteiger partial charge on any atom is -0.0622 e. The zero-order chi connectivity index (χ0) is 14.3. The van der Waals surface area contributed by atoms with Crippen LogP contribution in [0.25, 0.3) is 0 Å². The Labute approximate surface area is 126 Å². The summed E-state index contributed by atoms with van der Waals surface area (Å²) in [6.45, 7) is 13.1. The van der Waals surface area contributed by atoms with E-state index < -0.39 is 0 Å². The third-order valence-corrected chi connectivity index (χ3v) is 8.96. The molecule has 0 aromatic heterocycles. The van der Waals surface area contributed by atoms with Crippen molar-refractivity contribution in [2.75, 3.05) is 0 Å². The van der Waals surface area contributed by atoms with Crippen molar-refractivity contribution in [1.29, 1.82) is 0 Å². The number of fused-ring (bicyclic) bond motifs is 3. The van der Waals surface area contributed by atoms with Crippen molar-refractivity contribution in [3.63, 3.8) is 0 Å². The largest absolute Gasteiger partial charge is 0.0622 e. The van der Waals surface area contributed by atoms with Gasteiger partial charge >= 0.3 is 0 Å². The van der Waals surface area contributed by atoms with E-state index >= 15 is 0 Å². The maximum absolute atomic E-state index is 2.71. The van der Waals surface area contributed by atoms with Gasteiger partial charge in [-0.2, -0.15) is 0 Å². The molecule has 4 rings (SSSR count). The Morgan fingerprint density at radius 1 is 0.900 bits per heavy atom. The monoisotopic (exact) mass is 274 g/mol. The van der Waals surface area contributed by atoms with Crippen molar-refractivity contribution in [3.05, 3.63) is 0 Å². The van der Waals surface area contributed by atoms with Crippen LogP contribution < -0.4 is 0 Å². The van der Waals surface area contributed by atoms with Crippen LogP contribution in [0.4, 0.5) is 0 Å². The van der Waals surface area contributed by atoms with Crippen molar-refractivity contribution in [2.45, 2.75) is 79.6 Å². The minimum atomic E-state index is 0.583. The highest BCUT2D eigenvalue weighted by Crippen LogP contribution is 2.77. The first kappa shape index (κ1) is 13.6. The lowest BCUT2D eigenvalue weighted by Crippen LogP contribution is -2.43. The van der Waals surface area contributed by atoms with Gasteiger partial charge in [0.05, 0.1) is 0 Å². The quantitative estimate of drug-likeness (QED) is 0.515. The second-order valence-electron chi connectivity index (χ2n) is 10.1. The second kappa shape index (κ2) is 3.85. The molecule has 0 saturated heterocycles. The van der Waals surface area contributed by atoms with E-state index in [1.54, 1.807) is 25.7 Å². The highest BCUT2D eigenvalue weighted by Gasteiger charge is 2.70. The van der Waals surface area contributed by atoms with Gasteiger partial charge in [-0.05, 0) is 84.4 Å². The molecule has 4 fully saturated rings. The van der Waals surface area contributed by atoms with Crippen molar-refractivity contribution in [1.82, 2.24) is 0 Å². The average Bonchev–Trinajstić information content (AvgIpc) is 2.71. The predicted octanol–water partition coefficient (Wildman–Crippen LogP) is 5.91. The maximum Gasteiger partial charge on any atom is -0.0230 e. The summed E-state index contributed by atoms with van der Waals surface area (Å²) in [5.74, 6) is 5.09. The van der Waals surface area contributed by atoms with Crippen molar-refractivity contribution < 1.29 is 0 Å².